The smallest absolute Gasteiger partial charge is 0.195 e. The highest BCUT2D eigenvalue weighted by atomic mass is 16.5. The summed E-state index contributed by atoms with van der Waals surface area (Å²) in [6, 6.07) is 0. The summed E-state index contributed by atoms with van der Waals surface area (Å²) in [5, 5.41) is 39.3. The van der Waals surface area contributed by atoms with E-state index in [0.717, 1.165) is 0 Å². The first-order valence-corrected chi connectivity index (χ1v) is 4.03. The van der Waals surface area contributed by atoms with Crippen LogP contribution in [0.3, 0.4) is 0 Å². The summed E-state index contributed by atoms with van der Waals surface area (Å²) >= 11 is 0. The van der Waals surface area contributed by atoms with Gasteiger partial charge in [0, 0.05) is 12.5 Å². The number of hydrogen-bond donors (Lipinski definition) is 5. The number of hydrogen-bond acceptors (Lipinski definition) is 5. The van der Waals surface area contributed by atoms with Gasteiger partial charge < -0.3 is 25.7 Å². The van der Waals surface area contributed by atoms with Crippen LogP contribution < -0.4 is 5.32 Å². The van der Waals surface area contributed by atoms with Crippen molar-refractivity contribution in [3.05, 3.63) is 0 Å². The lowest BCUT2D eigenvalue weighted by Crippen LogP contribution is -2.51. The second-order valence-corrected chi connectivity index (χ2v) is 3.17. The molecule has 1 aliphatic rings. The van der Waals surface area contributed by atoms with Crippen LogP contribution in [0.2, 0.25) is 0 Å². The van der Waals surface area contributed by atoms with Crippen molar-refractivity contribution in [2.75, 3.05) is 19.7 Å². The van der Waals surface area contributed by atoms with Gasteiger partial charge in [-0.05, 0) is 13.0 Å². The molecule has 0 bridgehead atoms. The van der Waals surface area contributed by atoms with Gasteiger partial charge in [0.1, 0.15) is 6.10 Å². The minimum absolute atomic E-state index is 0.403. The van der Waals surface area contributed by atoms with Crippen LogP contribution in [0.25, 0.3) is 0 Å². The molecule has 5 nitrogen and oxygen atoms in total. The average Bonchev–Trinajstić information content (AvgIpc) is 2.55. The van der Waals surface area contributed by atoms with Crippen molar-refractivity contribution in [2.24, 2.45) is 5.92 Å². The van der Waals surface area contributed by atoms with Gasteiger partial charge in [-0.1, -0.05) is 0 Å². The van der Waals surface area contributed by atoms with Gasteiger partial charge in [-0.15, -0.1) is 0 Å². The van der Waals surface area contributed by atoms with Gasteiger partial charge in [0.15, 0.2) is 5.79 Å². The summed E-state index contributed by atoms with van der Waals surface area (Å²) in [6.07, 6.45) is -0.883. The van der Waals surface area contributed by atoms with Gasteiger partial charge in [0.25, 0.3) is 0 Å². The number of aliphatic hydroxyl groups excluding tert-OH is 2. The molecule has 1 rings (SSSR count). The number of rotatable bonds is 3. The largest absolute Gasteiger partial charge is 0.393 e. The van der Waals surface area contributed by atoms with E-state index in [9.17, 15) is 10.2 Å². The monoisotopic (exact) mass is 177 g/mol. The maximum Gasteiger partial charge on any atom is 0.195 e. The second-order valence-electron chi connectivity index (χ2n) is 3.17. The van der Waals surface area contributed by atoms with E-state index in [0.29, 0.717) is 19.5 Å². The number of nitrogens with one attached hydrogen (secondary N) is 1. The van der Waals surface area contributed by atoms with Crippen molar-refractivity contribution in [2.45, 2.75) is 18.3 Å². The normalized spacial score (nSPS) is 27.5. The zero-order valence-electron chi connectivity index (χ0n) is 6.77. The lowest BCUT2D eigenvalue weighted by Gasteiger charge is -2.31. The van der Waals surface area contributed by atoms with E-state index < -0.39 is 24.4 Å². The first-order valence-electron chi connectivity index (χ1n) is 4.03. The van der Waals surface area contributed by atoms with Gasteiger partial charge in [-0.2, -0.15) is 0 Å². The molecular weight excluding hydrogens is 162 g/mol. The molecule has 0 amide bonds. The van der Waals surface area contributed by atoms with Crippen molar-refractivity contribution in [1.82, 2.24) is 5.32 Å². The molecule has 72 valence electrons. The molecule has 0 saturated carbocycles. The Hall–Kier alpha value is -0.200. The van der Waals surface area contributed by atoms with Crippen LogP contribution in [0, 0.1) is 5.92 Å². The predicted molar refractivity (Wildman–Crippen MR) is 41.2 cm³/mol. The maximum absolute atomic E-state index is 9.39. The third-order valence-electron chi connectivity index (χ3n) is 2.32. The summed E-state index contributed by atoms with van der Waals surface area (Å²) in [7, 11) is 0. The Labute approximate surface area is 70.6 Å². The summed E-state index contributed by atoms with van der Waals surface area (Å²) in [6.45, 7) is 0.541. The van der Waals surface area contributed by atoms with Gasteiger partial charge in [-0.25, -0.2) is 0 Å². The highest BCUT2D eigenvalue weighted by molar-refractivity contribution is 4.87. The molecule has 0 radical (unpaired) electrons. The molecule has 0 aliphatic carbocycles. The third-order valence-corrected chi connectivity index (χ3v) is 2.32. The minimum atomic E-state index is -2.17. The molecular formula is C7H15NO4. The Morgan fingerprint density at radius 3 is 2.58 bits per heavy atom. The van der Waals surface area contributed by atoms with Crippen LogP contribution in [-0.2, 0) is 0 Å². The van der Waals surface area contributed by atoms with Crippen LogP contribution in [0.5, 0.6) is 0 Å². The Kier molecular flexibility index (Phi) is 3.03. The van der Waals surface area contributed by atoms with E-state index in [2.05, 4.69) is 5.32 Å². The van der Waals surface area contributed by atoms with Gasteiger partial charge in [0.05, 0.1) is 6.61 Å². The fourth-order valence-corrected chi connectivity index (χ4v) is 1.42. The Bertz CT molecular complexity index is 144. The van der Waals surface area contributed by atoms with E-state index >= 15 is 0 Å². The quantitative estimate of drug-likeness (QED) is 0.311. The van der Waals surface area contributed by atoms with E-state index in [1.54, 1.807) is 0 Å². The Balaban J connectivity index is 2.56. The molecule has 2 atom stereocenters. The van der Waals surface area contributed by atoms with Crippen LogP contribution in [-0.4, -0.2) is 52.0 Å². The lowest BCUT2D eigenvalue weighted by atomic mass is 9.93. The predicted octanol–water partition coefficient (Wildman–Crippen LogP) is -2.37. The molecule has 2 unspecified atom stereocenters. The first kappa shape index (κ1) is 9.88. The summed E-state index contributed by atoms with van der Waals surface area (Å²) in [4.78, 5) is 0. The van der Waals surface area contributed by atoms with Gasteiger partial charge in [0.2, 0.25) is 0 Å². The molecule has 1 heterocycles. The van der Waals surface area contributed by atoms with Gasteiger partial charge >= 0.3 is 0 Å². The molecule has 0 spiro atoms. The highest BCUT2D eigenvalue weighted by Gasteiger charge is 2.42. The van der Waals surface area contributed by atoms with Crippen LogP contribution in [0.1, 0.15) is 6.42 Å². The SMILES string of the molecule is OCC(O)C(O)(O)C1CCNC1. The Morgan fingerprint density at radius 1 is 1.50 bits per heavy atom. The lowest BCUT2D eigenvalue weighted by molar-refractivity contribution is -0.259. The van der Waals surface area contributed by atoms with E-state index in [4.69, 9.17) is 10.2 Å². The fourth-order valence-electron chi connectivity index (χ4n) is 1.42. The Morgan fingerprint density at radius 2 is 2.17 bits per heavy atom. The van der Waals surface area contributed by atoms with Crippen molar-refractivity contribution < 1.29 is 20.4 Å². The van der Waals surface area contributed by atoms with E-state index in [1.165, 1.54) is 0 Å². The molecule has 1 fully saturated rings. The van der Waals surface area contributed by atoms with Crippen molar-refractivity contribution >= 4 is 0 Å². The van der Waals surface area contributed by atoms with Crippen LogP contribution in [0.15, 0.2) is 0 Å². The van der Waals surface area contributed by atoms with Crippen molar-refractivity contribution in [1.29, 1.82) is 0 Å². The number of aliphatic hydroxyl groups is 4. The molecule has 1 aliphatic heterocycles. The van der Waals surface area contributed by atoms with Crippen molar-refractivity contribution in [3.8, 4) is 0 Å². The second kappa shape index (κ2) is 3.68. The molecule has 5 N–H and O–H groups in total. The highest BCUT2D eigenvalue weighted by Crippen LogP contribution is 2.24. The molecule has 12 heavy (non-hydrogen) atoms. The summed E-state index contributed by atoms with van der Waals surface area (Å²) < 4.78 is 0. The standard InChI is InChI=1S/C7H15NO4/c9-4-6(10)7(11,12)5-1-2-8-3-5/h5-6,8-12H,1-4H2. The van der Waals surface area contributed by atoms with E-state index in [1.807, 2.05) is 0 Å². The fraction of sp³-hybridized carbons (Fsp3) is 1.00. The molecule has 0 aromatic rings. The molecule has 5 heteroatoms. The first-order chi connectivity index (χ1) is 5.59. The van der Waals surface area contributed by atoms with Crippen molar-refractivity contribution in [3.63, 3.8) is 0 Å². The van der Waals surface area contributed by atoms with Gasteiger partial charge in [-0.3, -0.25) is 0 Å². The zero-order chi connectivity index (χ0) is 9.19. The molecule has 1 saturated heterocycles. The van der Waals surface area contributed by atoms with Crippen LogP contribution in [0.4, 0.5) is 0 Å². The van der Waals surface area contributed by atoms with Crippen LogP contribution >= 0.6 is 0 Å². The van der Waals surface area contributed by atoms with E-state index in [-0.39, 0.29) is 0 Å². The minimum Gasteiger partial charge on any atom is -0.393 e. The molecule has 0 aromatic heterocycles. The summed E-state index contributed by atoms with van der Waals surface area (Å²) in [5.41, 5.74) is 0. The maximum atomic E-state index is 9.39. The summed E-state index contributed by atoms with van der Waals surface area (Å²) in [5.74, 6) is -2.57. The molecule has 0 aromatic carbocycles. The third kappa shape index (κ3) is 1.75. The topological polar surface area (TPSA) is 93.0 Å². The zero-order valence-corrected chi connectivity index (χ0v) is 6.77. The average molecular weight is 177 g/mol.